The first-order chi connectivity index (χ1) is 9.49. The molecule has 2 bridgehead atoms. The Morgan fingerprint density at radius 2 is 1.75 bits per heavy atom. The van der Waals surface area contributed by atoms with Crippen LogP contribution in [0, 0.1) is 0 Å². The van der Waals surface area contributed by atoms with Crippen LogP contribution in [0.2, 0.25) is 0 Å². The van der Waals surface area contributed by atoms with E-state index in [1.165, 1.54) is 5.56 Å². The van der Waals surface area contributed by atoms with Crippen LogP contribution in [0.4, 0.5) is 0 Å². The van der Waals surface area contributed by atoms with Gasteiger partial charge in [-0.3, -0.25) is 0 Å². The summed E-state index contributed by atoms with van der Waals surface area (Å²) >= 11 is 0. The van der Waals surface area contributed by atoms with Crippen LogP contribution in [0.3, 0.4) is 0 Å². The molecule has 2 aliphatic heterocycles. The van der Waals surface area contributed by atoms with Crippen LogP contribution in [-0.2, 0) is 9.47 Å². The SMILES string of the molecule is C[C@H]1OC2(C[C@@H]3C[C@](C)(C2)Oc2ccccc23)O[C@@H]1C. The minimum absolute atomic E-state index is 0.160. The van der Waals surface area contributed by atoms with Gasteiger partial charge in [0.05, 0.1) is 12.2 Å². The average Bonchev–Trinajstić information content (AvgIpc) is 2.62. The molecule has 4 rings (SSSR count). The Morgan fingerprint density at radius 3 is 2.50 bits per heavy atom. The quantitative estimate of drug-likeness (QED) is 0.723. The largest absolute Gasteiger partial charge is 0.487 e. The normalized spacial score (nSPS) is 41.2. The highest BCUT2D eigenvalue weighted by molar-refractivity contribution is 5.40. The molecule has 3 aliphatic rings. The van der Waals surface area contributed by atoms with E-state index in [1.54, 1.807) is 0 Å². The highest BCUT2D eigenvalue weighted by Crippen LogP contribution is 2.55. The fourth-order valence-electron chi connectivity index (χ4n) is 4.23. The van der Waals surface area contributed by atoms with Gasteiger partial charge in [-0.2, -0.15) is 0 Å². The van der Waals surface area contributed by atoms with Gasteiger partial charge in [-0.25, -0.2) is 0 Å². The van der Waals surface area contributed by atoms with Crippen LogP contribution in [-0.4, -0.2) is 23.6 Å². The zero-order valence-corrected chi connectivity index (χ0v) is 12.4. The van der Waals surface area contributed by atoms with Crippen molar-refractivity contribution in [3.05, 3.63) is 29.8 Å². The number of hydrogen-bond acceptors (Lipinski definition) is 3. The van der Waals surface area contributed by atoms with E-state index in [9.17, 15) is 0 Å². The summed E-state index contributed by atoms with van der Waals surface area (Å²) in [6.07, 6.45) is 3.14. The lowest BCUT2D eigenvalue weighted by atomic mass is 9.71. The van der Waals surface area contributed by atoms with E-state index in [0.717, 1.165) is 25.0 Å². The molecule has 1 aliphatic carbocycles. The molecular weight excluding hydrogens is 252 g/mol. The van der Waals surface area contributed by atoms with Gasteiger partial charge in [0.25, 0.3) is 0 Å². The molecule has 3 heteroatoms. The first-order valence-corrected chi connectivity index (χ1v) is 7.62. The number of para-hydroxylation sites is 1. The van der Waals surface area contributed by atoms with Crippen molar-refractivity contribution in [3.8, 4) is 5.75 Å². The summed E-state index contributed by atoms with van der Waals surface area (Å²) in [5.41, 5.74) is 1.13. The van der Waals surface area contributed by atoms with E-state index in [1.807, 2.05) is 6.07 Å². The maximum absolute atomic E-state index is 6.29. The molecule has 3 nitrogen and oxygen atoms in total. The molecule has 1 spiro atoms. The summed E-state index contributed by atoms with van der Waals surface area (Å²) in [6, 6.07) is 8.40. The Labute approximate surface area is 120 Å². The first-order valence-electron chi connectivity index (χ1n) is 7.62. The van der Waals surface area contributed by atoms with Gasteiger partial charge in [0.1, 0.15) is 11.4 Å². The number of fused-ring (bicyclic) bond motifs is 4. The minimum atomic E-state index is -0.454. The molecule has 2 fully saturated rings. The van der Waals surface area contributed by atoms with E-state index in [0.29, 0.717) is 5.92 Å². The maximum Gasteiger partial charge on any atom is 0.173 e. The molecule has 0 aromatic heterocycles. The lowest BCUT2D eigenvalue weighted by Crippen LogP contribution is -2.52. The Kier molecular flexibility index (Phi) is 2.52. The van der Waals surface area contributed by atoms with E-state index in [2.05, 4.69) is 39.0 Å². The van der Waals surface area contributed by atoms with Crippen LogP contribution in [0.15, 0.2) is 24.3 Å². The number of benzene rings is 1. The van der Waals surface area contributed by atoms with Crippen molar-refractivity contribution in [2.24, 2.45) is 0 Å². The van der Waals surface area contributed by atoms with Crippen molar-refractivity contribution >= 4 is 0 Å². The number of rotatable bonds is 0. The summed E-state index contributed by atoms with van der Waals surface area (Å²) in [6.45, 7) is 6.39. The molecule has 1 aromatic carbocycles. The molecule has 1 saturated carbocycles. The zero-order chi connectivity index (χ0) is 14.0. The summed E-state index contributed by atoms with van der Waals surface area (Å²) in [4.78, 5) is 0. The fourth-order valence-corrected chi connectivity index (χ4v) is 4.23. The van der Waals surface area contributed by atoms with Gasteiger partial charge in [0.15, 0.2) is 5.79 Å². The van der Waals surface area contributed by atoms with E-state index in [-0.39, 0.29) is 17.8 Å². The van der Waals surface area contributed by atoms with Gasteiger partial charge in [-0.05, 0) is 44.7 Å². The van der Waals surface area contributed by atoms with Crippen LogP contribution >= 0.6 is 0 Å². The molecule has 0 radical (unpaired) electrons. The van der Waals surface area contributed by atoms with Gasteiger partial charge in [-0.1, -0.05) is 18.2 Å². The van der Waals surface area contributed by atoms with Crippen molar-refractivity contribution < 1.29 is 14.2 Å². The molecule has 108 valence electrons. The van der Waals surface area contributed by atoms with Crippen molar-refractivity contribution in [3.63, 3.8) is 0 Å². The molecular formula is C17H22O3. The topological polar surface area (TPSA) is 27.7 Å². The molecule has 0 N–H and O–H groups in total. The molecule has 20 heavy (non-hydrogen) atoms. The van der Waals surface area contributed by atoms with Gasteiger partial charge < -0.3 is 14.2 Å². The standard InChI is InChI=1S/C17H22O3/c1-11-12(2)19-17(18-11)9-13-8-16(3,10-17)20-15-7-5-4-6-14(13)15/h4-7,11-13H,8-10H2,1-3H3/t11-,12-,13+,16-/m1/s1. The van der Waals surface area contributed by atoms with Gasteiger partial charge in [0.2, 0.25) is 0 Å². The highest BCUT2D eigenvalue weighted by Gasteiger charge is 2.56. The molecule has 0 unspecified atom stereocenters. The van der Waals surface area contributed by atoms with Gasteiger partial charge in [-0.15, -0.1) is 0 Å². The molecule has 1 aromatic rings. The van der Waals surface area contributed by atoms with Gasteiger partial charge in [0, 0.05) is 12.8 Å². The van der Waals surface area contributed by atoms with Crippen LogP contribution in [0.25, 0.3) is 0 Å². The Morgan fingerprint density at radius 1 is 1.05 bits per heavy atom. The second-order valence-corrected chi connectivity index (χ2v) is 6.93. The van der Waals surface area contributed by atoms with Crippen LogP contribution < -0.4 is 4.74 Å². The third-order valence-electron chi connectivity index (χ3n) is 5.06. The van der Waals surface area contributed by atoms with E-state index in [4.69, 9.17) is 14.2 Å². The monoisotopic (exact) mass is 274 g/mol. The Balaban J connectivity index is 1.72. The third-order valence-corrected chi connectivity index (χ3v) is 5.06. The molecule has 4 atom stereocenters. The molecule has 0 amide bonds. The summed E-state index contributed by atoms with van der Waals surface area (Å²) in [5.74, 6) is 1.06. The average molecular weight is 274 g/mol. The van der Waals surface area contributed by atoms with E-state index < -0.39 is 5.79 Å². The number of hydrogen-bond donors (Lipinski definition) is 0. The number of ether oxygens (including phenoxy) is 3. The smallest absolute Gasteiger partial charge is 0.173 e. The lowest BCUT2D eigenvalue weighted by Gasteiger charge is -2.50. The van der Waals surface area contributed by atoms with Crippen LogP contribution in [0.5, 0.6) is 5.75 Å². The van der Waals surface area contributed by atoms with Gasteiger partial charge >= 0.3 is 0 Å². The molecule has 1 saturated heterocycles. The lowest BCUT2D eigenvalue weighted by molar-refractivity contribution is -0.229. The highest BCUT2D eigenvalue weighted by atomic mass is 16.8. The predicted octanol–water partition coefficient (Wildman–Crippen LogP) is 3.63. The second-order valence-electron chi connectivity index (χ2n) is 6.93. The fraction of sp³-hybridized carbons (Fsp3) is 0.647. The third kappa shape index (κ3) is 1.80. The van der Waals surface area contributed by atoms with Crippen molar-refractivity contribution in [2.75, 3.05) is 0 Å². The van der Waals surface area contributed by atoms with E-state index >= 15 is 0 Å². The van der Waals surface area contributed by atoms with Crippen molar-refractivity contribution in [1.29, 1.82) is 0 Å². The van der Waals surface area contributed by atoms with Crippen molar-refractivity contribution in [2.45, 2.75) is 69.5 Å². The second kappa shape index (κ2) is 3.99. The zero-order valence-electron chi connectivity index (χ0n) is 12.4. The Hall–Kier alpha value is -1.06. The van der Waals surface area contributed by atoms with Crippen LogP contribution in [0.1, 0.15) is 51.5 Å². The first kappa shape index (κ1) is 12.7. The minimum Gasteiger partial charge on any atom is -0.487 e. The predicted molar refractivity (Wildman–Crippen MR) is 75.9 cm³/mol. The maximum atomic E-state index is 6.29. The summed E-state index contributed by atoms with van der Waals surface area (Å²) < 4.78 is 18.7. The Bertz CT molecular complexity index is 531. The van der Waals surface area contributed by atoms with Crippen molar-refractivity contribution in [1.82, 2.24) is 0 Å². The summed E-state index contributed by atoms with van der Waals surface area (Å²) in [5, 5.41) is 0. The molecule has 2 heterocycles. The summed E-state index contributed by atoms with van der Waals surface area (Å²) in [7, 11) is 0.